The van der Waals surface area contributed by atoms with Crippen molar-refractivity contribution in [2.24, 2.45) is 5.73 Å². The fourth-order valence-electron chi connectivity index (χ4n) is 1.94. The molecule has 0 saturated carbocycles. The molecule has 0 radical (unpaired) electrons. The van der Waals surface area contributed by atoms with Crippen LogP contribution < -0.4 is 10.6 Å². The molecule has 1 saturated heterocycles. The first kappa shape index (κ1) is 11.3. The van der Waals surface area contributed by atoms with Gasteiger partial charge in [-0.2, -0.15) is 0 Å². The molecule has 1 aromatic rings. The van der Waals surface area contributed by atoms with Crippen molar-refractivity contribution in [3.05, 3.63) is 29.8 Å². The van der Waals surface area contributed by atoms with E-state index >= 15 is 0 Å². The molecule has 88 valence electrons. The molecule has 2 rings (SSSR count). The van der Waals surface area contributed by atoms with Crippen LogP contribution in [-0.2, 0) is 0 Å². The molecule has 2 N–H and O–H groups in total. The maximum atomic E-state index is 13.0. The van der Waals surface area contributed by atoms with Gasteiger partial charge in [0.15, 0.2) is 0 Å². The Morgan fingerprint density at radius 2 is 1.94 bits per heavy atom. The largest absolute Gasteiger partial charge is 0.365 e. The number of anilines is 1. The molecule has 1 aliphatic rings. The Hall–Kier alpha value is -1.16. The van der Waals surface area contributed by atoms with Crippen LogP contribution in [0.15, 0.2) is 24.3 Å². The zero-order valence-electron chi connectivity index (χ0n) is 9.29. The molecule has 2 nitrogen and oxygen atoms in total. The van der Waals surface area contributed by atoms with E-state index in [1.165, 1.54) is 0 Å². The van der Waals surface area contributed by atoms with Gasteiger partial charge in [-0.25, -0.2) is 8.78 Å². The third-order valence-electron chi connectivity index (χ3n) is 2.95. The van der Waals surface area contributed by atoms with Crippen LogP contribution in [0.4, 0.5) is 14.5 Å². The SMILES string of the molecule is CC(N)c1ccc(N2CCC(F)(F)C2)cc1. The van der Waals surface area contributed by atoms with E-state index in [0.29, 0.717) is 6.54 Å². The van der Waals surface area contributed by atoms with Crippen molar-refractivity contribution in [3.8, 4) is 0 Å². The molecule has 4 heteroatoms. The third kappa shape index (κ3) is 2.32. The van der Waals surface area contributed by atoms with Crippen molar-refractivity contribution in [1.82, 2.24) is 0 Å². The minimum atomic E-state index is -2.54. The molecular formula is C12H16F2N2. The van der Waals surface area contributed by atoms with E-state index in [2.05, 4.69) is 0 Å². The number of halogens is 2. The van der Waals surface area contributed by atoms with Crippen LogP contribution in [0.5, 0.6) is 0 Å². The standard InChI is InChI=1S/C12H16F2N2/c1-9(15)10-2-4-11(5-3-10)16-7-6-12(13,14)8-16/h2-5,9H,6-8,15H2,1H3. The van der Waals surface area contributed by atoms with Crippen LogP contribution in [0.25, 0.3) is 0 Å². The quantitative estimate of drug-likeness (QED) is 0.839. The minimum Gasteiger partial charge on any atom is -0.365 e. The summed E-state index contributed by atoms with van der Waals surface area (Å²) in [5.74, 6) is -2.54. The lowest BCUT2D eigenvalue weighted by atomic mass is 10.1. The molecule has 16 heavy (non-hydrogen) atoms. The summed E-state index contributed by atoms with van der Waals surface area (Å²) in [5.41, 5.74) is 7.60. The highest BCUT2D eigenvalue weighted by molar-refractivity contribution is 5.49. The molecule has 1 unspecified atom stereocenters. The highest BCUT2D eigenvalue weighted by atomic mass is 19.3. The average molecular weight is 226 g/mol. The number of nitrogens with zero attached hydrogens (tertiary/aromatic N) is 1. The first-order valence-electron chi connectivity index (χ1n) is 5.46. The lowest BCUT2D eigenvalue weighted by Crippen LogP contribution is -2.24. The van der Waals surface area contributed by atoms with E-state index in [1.54, 1.807) is 4.90 Å². The van der Waals surface area contributed by atoms with Crippen molar-refractivity contribution in [1.29, 1.82) is 0 Å². The van der Waals surface area contributed by atoms with Gasteiger partial charge in [0.05, 0.1) is 6.54 Å². The normalized spacial score (nSPS) is 21.1. The van der Waals surface area contributed by atoms with Gasteiger partial charge in [0.2, 0.25) is 0 Å². The molecule has 0 spiro atoms. The second-order valence-corrected chi connectivity index (χ2v) is 4.41. The number of rotatable bonds is 2. The van der Waals surface area contributed by atoms with Gasteiger partial charge >= 0.3 is 0 Å². The number of benzene rings is 1. The molecule has 0 bridgehead atoms. The maximum absolute atomic E-state index is 13.0. The first-order chi connectivity index (χ1) is 7.48. The van der Waals surface area contributed by atoms with E-state index in [-0.39, 0.29) is 19.0 Å². The average Bonchev–Trinajstić information content (AvgIpc) is 2.59. The van der Waals surface area contributed by atoms with Crippen molar-refractivity contribution in [3.63, 3.8) is 0 Å². The minimum absolute atomic E-state index is 0.0194. The smallest absolute Gasteiger partial charge is 0.266 e. The molecule has 1 fully saturated rings. The summed E-state index contributed by atoms with van der Waals surface area (Å²) >= 11 is 0. The van der Waals surface area contributed by atoms with Gasteiger partial charge in [0, 0.05) is 24.7 Å². The molecule has 1 aromatic carbocycles. The van der Waals surface area contributed by atoms with Crippen LogP contribution in [0.3, 0.4) is 0 Å². The van der Waals surface area contributed by atoms with Gasteiger partial charge in [0.25, 0.3) is 5.92 Å². The topological polar surface area (TPSA) is 29.3 Å². The van der Waals surface area contributed by atoms with Crippen LogP contribution >= 0.6 is 0 Å². The van der Waals surface area contributed by atoms with Crippen LogP contribution in [0.1, 0.15) is 24.9 Å². The molecule has 0 aromatic heterocycles. The van der Waals surface area contributed by atoms with E-state index in [4.69, 9.17) is 5.73 Å². The van der Waals surface area contributed by atoms with Crippen molar-refractivity contribution in [2.45, 2.75) is 25.3 Å². The van der Waals surface area contributed by atoms with Gasteiger partial charge in [0.1, 0.15) is 0 Å². The third-order valence-corrected chi connectivity index (χ3v) is 2.95. The fourth-order valence-corrected chi connectivity index (χ4v) is 1.94. The van der Waals surface area contributed by atoms with Gasteiger partial charge in [-0.3, -0.25) is 0 Å². The summed E-state index contributed by atoms with van der Waals surface area (Å²) in [7, 11) is 0. The Morgan fingerprint density at radius 3 is 2.38 bits per heavy atom. The summed E-state index contributed by atoms with van der Waals surface area (Å²) in [6, 6.07) is 7.50. The van der Waals surface area contributed by atoms with Crippen molar-refractivity contribution >= 4 is 5.69 Å². The van der Waals surface area contributed by atoms with Gasteiger partial charge in [-0.05, 0) is 24.6 Å². The zero-order valence-corrected chi connectivity index (χ0v) is 9.29. The van der Waals surface area contributed by atoms with Gasteiger partial charge in [-0.15, -0.1) is 0 Å². The fraction of sp³-hybridized carbons (Fsp3) is 0.500. The predicted octanol–water partition coefficient (Wildman–Crippen LogP) is 2.55. The van der Waals surface area contributed by atoms with Crippen LogP contribution in [-0.4, -0.2) is 19.0 Å². The van der Waals surface area contributed by atoms with E-state index in [9.17, 15) is 8.78 Å². The lowest BCUT2D eigenvalue weighted by Gasteiger charge is -2.18. The molecule has 1 atom stereocenters. The Balaban J connectivity index is 2.11. The Morgan fingerprint density at radius 1 is 1.31 bits per heavy atom. The molecule has 1 aliphatic heterocycles. The van der Waals surface area contributed by atoms with E-state index in [0.717, 1.165) is 11.3 Å². The van der Waals surface area contributed by atoms with E-state index < -0.39 is 5.92 Å². The van der Waals surface area contributed by atoms with Crippen LogP contribution in [0.2, 0.25) is 0 Å². The second-order valence-electron chi connectivity index (χ2n) is 4.41. The summed E-state index contributed by atoms with van der Waals surface area (Å²) in [6.45, 7) is 2.15. The Bertz CT molecular complexity index is 360. The highest BCUT2D eigenvalue weighted by Gasteiger charge is 2.38. The van der Waals surface area contributed by atoms with Crippen molar-refractivity contribution < 1.29 is 8.78 Å². The number of hydrogen-bond donors (Lipinski definition) is 1. The monoisotopic (exact) mass is 226 g/mol. The number of nitrogens with two attached hydrogens (primary N) is 1. The number of hydrogen-bond acceptors (Lipinski definition) is 2. The van der Waals surface area contributed by atoms with Crippen LogP contribution in [0, 0.1) is 0 Å². The van der Waals surface area contributed by atoms with Gasteiger partial charge in [-0.1, -0.05) is 12.1 Å². The molecule has 1 heterocycles. The summed E-state index contributed by atoms with van der Waals surface area (Å²) in [5, 5.41) is 0. The molecule has 0 amide bonds. The number of alkyl halides is 2. The highest BCUT2D eigenvalue weighted by Crippen LogP contribution is 2.31. The second kappa shape index (κ2) is 4.01. The molecular weight excluding hydrogens is 210 g/mol. The Kier molecular flexibility index (Phi) is 2.84. The van der Waals surface area contributed by atoms with Gasteiger partial charge < -0.3 is 10.6 Å². The maximum Gasteiger partial charge on any atom is 0.266 e. The molecule has 0 aliphatic carbocycles. The van der Waals surface area contributed by atoms with E-state index in [1.807, 2.05) is 31.2 Å². The summed E-state index contributed by atoms with van der Waals surface area (Å²) in [6.07, 6.45) is -0.0535. The Labute approximate surface area is 94.0 Å². The zero-order chi connectivity index (χ0) is 11.8. The first-order valence-corrected chi connectivity index (χ1v) is 5.46. The predicted molar refractivity (Wildman–Crippen MR) is 60.8 cm³/mol. The summed E-state index contributed by atoms with van der Waals surface area (Å²) in [4.78, 5) is 1.71. The van der Waals surface area contributed by atoms with Crippen molar-refractivity contribution in [2.75, 3.05) is 18.0 Å². The lowest BCUT2D eigenvalue weighted by molar-refractivity contribution is 0.0257. The summed E-state index contributed by atoms with van der Waals surface area (Å²) < 4.78 is 26.1.